The van der Waals surface area contributed by atoms with E-state index in [2.05, 4.69) is 57.5 Å². The van der Waals surface area contributed by atoms with Gasteiger partial charge in [-0.1, -0.05) is 12.1 Å². The zero-order valence-corrected chi connectivity index (χ0v) is 17.1. The lowest BCUT2D eigenvalue weighted by Gasteiger charge is -2.34. The molecule has 1 saturated heterocycles. The first-order chi connectivity index (χ1) is 14.1. The summed E-state index contributed by atoms with van der Waals surface area (Å²) in [5.41, 5.74) is 12.1. The summed E-state index contributed by atoms with van der Waals surface area (Å²) in [6, 6.07) is 16.4. The van der Waals surface area contributed by atoms with Gasteiger partial charge in [0.15, 0.2) is 0 Å². The summed E-state index contributed by atoms with van der Waals surface area (Å²) in [5.74, 6) is 0.613. The van der Waals surface area contributed by atoms with Crippen molar-refractivity contribution in [1.82, 2.24) is 14.9 Å². The van der Waals surface area contributed by atoms with Crippen molar-refractivity contribution >= 4 is 23.0 Å². The van der Waals surface area contributed by atoms with Crippen LogP contribution in [0.5, 0.6) is 0 Å². The van der Waals surface area contributed by atoms with Gasteiger partial charge in [-0.25, -0.2) is 9.97 Å². The number of nitrogens with zero attached hydrogens (tertiary/aromatic N) is 4. The van der Waals surface area contributed by atoms with Crippen LogP contribution in [0.4, 0.5) is 23.0 Å². The maximum atomic E-state index is 5.90. The molecule has 1 aliphatic heterocycles. The molecule has 0 amide bonds. The van der Waals surface area contributed by atoms with Crippen molar-refractivity contribution < 1.29 is 0 Å². The summed E-state index contributed by atoms with van der Waals surface area (Å²) in [7, 11) is 2.17. The van der Waals surface area contributed by atoms with E-state index in [9.17, 15) is 0 Å². The van der Waals surface area contributed by atoms with E-state index in [-0.39, 0.29) is 0 Å². The molecular formula is C23H28N6. The first-order valence-electron chi connectivity index (χ1n) is 10.0. The largest absolute Gasteiger partial charge is 0.399 e. The fourth-order valence-electron chi connectivity index (χ4n) is 3.56. The van der Waals surface area contributed by atoms with Crippen molar-refractivity contribution in [1.29, 1.82) is 0 Å². The highest BCUT2D eigenvalue weighted by molar-refractivity contribution is 5.59. The van der Waals surface area contributed by atoms with E-state index in [1.165, 1.54) is 5.69 Å². The predicted octanol–water partition coefficient (Wildman–Crippen LogP) is 3.45. The SMILES string of the molecule is Cc1cnc(Nc2ccc(N3CCN(C)CC3)cc2)nc1Cc1cccc(N)c1. The molecule has 4 rings (SSSR count). The number of piperazine rings is 1. The fourth-order valence-corrected chi connectivity index (χ4v) is 3.56. The molecular weight excluding hydrogens is 360 g/mol. The van der Waals surface area contributed by atoms with Crippen LogP contribution in [0.2, 0.25) is 0 Å². The number of hydrogen-bond acceptors (Lipinski definition) is 6. The molecule has 0 saturated carbocycles. The van der Waals surface area contributed by atoms with Crippen LogP contribution in [0.1, 0.15) is 16.8 Å². The number of benzene rings is 2. The van der Waals surface area contributed by atoms with Crippen molar-refractivity contribution in [3.05, 3.63) is 71.5 Å². The monoisotopic (exact) mass is 388 g/mol. The fraction of sp³-hybridized carbons (Fsp3) is 0.304. The molecule has 2 aromatic carbocycles. The summed E-state index contributed by atoms with van der Waals surface area (Å²) in [5, 5.41) is 3.33. The maximum Gasteiger partial charge on any atom is 0.227 e. The van der Waals surface area contributed by atoms with Crippen LogP contribution in [0.3, 0.4) is 0 Å². The van der Waals surface area contributed by atoms with Crippen molar-refractivity contribution in [2.24, 2.45) is 0 Å². The second kappa shape index (κ2) is 8.49. The van der Waals surface area contributed by atoms with Crippen molar-refractivity contribution in [2.45, 2.75) is 13.3 Å². The van der Waals surface area contributed by atoms with Crippen LogP contribution >= 0.6 is 0 Å². The third-order valence-electron chi connectivity index (χ3n) is 5.39. The first-order valence-corrected chi connectivity index (χ1v) is 10.0. The minimum Gasteiger partial charge on any atom is -0.399 e. The summed E-state index contributed by atoms with van der Waals surface area (Å²) in [6.07, 6.45) is 2.60. The van der Waals surface area contributed by atoms with Gasteiger partial charge in [-0.15, -0.1) is 0 Å². The smallest absolute Gasteiger partial charge is 0.227 e. The Hall–Kier alpha value is -3.12. The number of nitrogens with one attached hydrogen (secondary N) is 1. The van der Waals surface area contributed by atoms with E-state index in [0.717, 1.165) is 60.8 Å². The van der Waals surface area contributed by atoms with Crippen molar-refractivity contribution in [2.75, 3.05) is 49.2 Å². The highest BCUT2D eigenvalue weighted by atomic mass is 15.2. The van der Waals surface area contributed by atoms with Crippen LogP contribution in [-0.4, -0.2) is 48.1 Å². The minimum absolute atomic E-state index is 0.613. The van der Waals surface area contributed by atoms with E-state index in [1.54, 1.807) is 0 Å². The summed E-state index contributed by atoms with van der Waals surface area (Å²) in [4.78, 5) is 14.0. The van der Waals surface area contributed by atoms with Gasteiger partial charge in [0, 0.05) is 55.9 Å². The Morgan fingerprint density at radius 3 is 2.52 bits per heavy atom. The van der Waals surface area contributed by atoms with Crippen LogP contribution in [-0.2, 0) is 6.42 Å². The highest BCUT2D eigenvalue weighted by Gasteiger charge is 2.14. The second-order valence-corrected chi connectivity index (χ2v) is 7.71. The number of aryl methyl sites for hydroxylation is 1. The molecule has 1 aromatic heterocycles. The minimum atomic E-state index is 0.613. The molecule has 0 radical (unpaired) electrons. The Morgan fingerprint density at radius 2 is 1.79 bits per heavy atom. The van der Waals surface area contributed by atoms with Crippen LogP contribution in [0.15, 0.2) is 54.7 Å². The van der Waals surface area contributed by atoms with Gasteiger partial charge in [0.25, 0.3) is 0 Å². The molecule has 3 aromatic rings. The van der Waals surface area contributed by atoms with Gasteiger partial charge in [0.1, 0.15) is 0 Å². The highest BCUT2D eigenvalue weighted by Crippen LogP contribution is 2.22. The number of rotatable bonds is 5. The van der Waals surface area contributed by atoms with Crippen LogP contribution < -0.4 is 16.0 Å². The molecule has 2 heterocycles. The van der Waals surface area contributed by atoms with Gasteiger partial charge < -0.3 is 20.9 Å². The van der Waals surface area contributed by atoms with Gasteiger partial charge in [-0.3, -0.25) is 0 Å². The molecule has 0 spiro atoms. The van der Waals surface area contributed by atoms with Crippen LogP contribution in [0, 0.1) is 6.92 Å². The lowest BCUT2D eigenvalue weighted by Crippen LogP contribution is -2.44. The summed E-state index contributed by atoms with van der Waals surface area (Å²) in [6.45, 7) is 6.38. The maximum absolute atomic E-state index is 5.90. The molecule has 0 unspecified atom stereocenters. The second-order valence-electron chi connectivity index (χ2n) is 7.71. The molecule has 1 fully saturated rings. The van der Waals surface area contributed by atoms with Gasteiger partial charge >= 0.3 is 0 Å². The zero-order chi connectivity index (χ0) is 20.2. The molecule has 3 N–H and O–H groups in total. The number of hydrogen-bond donors (Lipinski definition) is 2. The average Bonchev–Trinajstić information content (AvgIpc) is 2.72. The average molecular weight is 389 g/mol. The van der Waals surface area contributed by atoms with Crippen molar-refractivity contribution in [3.63, 3.8) is 0 Å². The molecule has 1 aliphatic rings. The Kier molecular flexibility index (Phi) is 5.62. The summed E-state index contributed by atoms with van der Waals surface area (Å²) >= 11 is 0. The van der Waals surface area contributed by atoms with Gasteiger partial charge in [0.05, 0.1) is 5.69 Å². The molecule has 0 atom stereocenters. The Bertz CT molecular complexity index is 961. The third kappa shape index (κ3) is 4.84. The normalized spacial score (nSPS) is 14.8. The van der Waals surface area contributed by atoms with E-state index in [1.807, 2.05) is 31.3 Å². The number of nitrogens with two attached hydrogens (primary N) is 1. The molecule has 29 heavy (non-hydrogen) atoms. The lowest BCUT2D eigenvalue weighted by atomic mass is 10.1. The van der Waals surface area contributed by atoms with E-state index >= 15 is 0 Å². The molecule has 0 bridgehead atoms. The topological polar surface area (TPSA) is 70.3 Å². The standard InChI is InChI=1S/C23H28N6/c1-17-16-25-23(27-22(17)15-18-4-3-5-19(24)14-18)26-20-6-8-21(9-7-20)29-12-10-28(2)11-13-29/h3-9,14,16H,10-13,15,24H2,1-2H3,(H,25,26,27). The Morgan fingerprint density at radius 1 is 1.03 bits per heavy atom. The van der Waals surface area contributed by atoms with Gasteiger partial charge in [-0.2, -0.15) is 0 Å². The molecule has 6 heteroatoms. The Balaban J connectivity index is 1.45. The number of aromatic nitrogens is 2. The lowest BCUT2D eigenvalue weighted by molar-refractivity contribution is 0.313. The third-order valence-corrected chi connectivity index (χ3v) is 5.39. The molecule has 150 valence electrons. The quantitative estimate of drug-likeness (QED) is 0.653. The number of anilines is 4. The number of likely N-dealkylation sites (N-methyl/N-ethyl adjacent to an activating group) is 1. The van der Waals surface area contributed by atoms with E-state index < -0.39 is 0 Å². The zero-order valence-electron chi connectivity index (χ0n) is 17.1. The number of nitrogen functional groups attached to an aromatic ring is 1. The van der Waals surface area contributed by atoms with Gasteiger partial charge in [-0.05, 0) is 61.5 Å². The molecule has 6 nitrogen and oxygen atoms in total. The predicted molar refractivity (Wildman–Crippen MR) is 120 cm³/mol. The van der Waals surface area contributed by atoms with E-state index in [4.69, 9.17) is 10.7 Å². The summed E-state index contributed by atoms with van der Waals surface area (Å²) < 4.78 is 0. The Labute approximate surface area is 172 Å². The van der Waals surface area contributed by atoms with E-state index in [0.29, 0.717) is 5.95 Å². The molecule has 0 aliphatic carbocycles. The van der Waals surface area contributed by atoms with Crippen LogP contribution in [0.25, 0.3) is 0 Å². The van der Waals surface area contributed by atoms with Crippen molar-refractivity contribution in [3.8, 4) is 0 Å². The first kappa shape index (κ1) is 19.2. The van der Waals surface area contributed by atoms with Gasteiger partial charge in [0.2, 0.25) is 5.95 Å².